The molecule has 134 valence electrons. The van der Waals surface area contributed by atoms with E-state index in [0.29, 0.717) is 11.8 Å². The predicted octanol–water partition coefficient (Wildman–Crippen LogP) is 5.94. The summed E-state index contributed by atoms with van der Waals surface area (Å²) >= 11 is 5.98. The van der Waals surface area contributed by atoms with Gasteiger partial charge in [-0.15, -0.1) is 0 Å². The van der Waals surface area contributed by atoms with Crippen LogP contribution >= 0.6 is 11.6 Å². The maximum absolute atomic E-state index is 13.2. The van der Waals surface area contributed by atoms with Gasteiger partial charge in [0.1, 0.15) is 5.82 Å². The molecule has 0 N–H and O–H groups in total. The van der Waals surface area contributed by atoms with E-state index >= 15 is 0 Å². The van der Waals surface area contributed by atoms with Gasteiger partial charge in [0.2, 0.25) is 0 Å². The molecule has 0 aromatic heterocycles. The van der Waals surface area contributed by atoms with Crippen molar-refractivity contribution < 1.29 is 4.39 Å². The molecule has 2 unspecified atom stereocenters. The summed E-state index contributed by atoms with van der Waals surface area (Å²) in [5.74, 6) is 0.696. The Kier molecular flexibility index (Phi) is 7.22. The fourth-order valence-electron chi connectivity index (χ4n) is 3.32. The van der Waals surface area contributed by atoms with Crippen molar-refractivity contribution >= 4 is 17.7 Å². The van der Waals surface area contributed by atoms with E-state index in [2.05, 4.69) is 38.9 Å². The lowest BCUT2D eigenvalue weighted by Gasteiger charge is -2.28. The van der Waals surface area contributed by atoms with Gasteiger partial charge in [-0.1, -0.05) is 54.4 Å². The highest BCUT2D eigenvalue weighted by Gasteiger charge is 2.20. The van der Waals surface area contributed by atoms with E-state index in [1.807, 2.05) is 36.4 Å². The number of halogens is 2. The van der Waals surface area contributed by atoms with Crippen LogP contribution in [0.5, 0.6) is 0 Å². The third kappa shape index (κ3) is 6.30. The fourth-order valence-corrected chi connectivity index (χ4v) is 3.44. The molecule has 2 atom stereocenters. The molecule has 0 aliphatic rings. The lowest BCUT2D eigenvalue weighted by Crippen LogP contribution is -2.27. The standard InChI is InChI=1S/C22H27ClFN/c1-16(13-18-5-9-20(23)10-6-18)22(17(2)15-25(3)4)14-19-7-11-21(24)12-8-19/h5-13,17,22H,14-15H2,1-4H3. The van der Waals surface area contributed by atoms with Gasteiger partial charge in [-0.3, -0.25) is 0 Å². The number of hydrogen-bond donors (Lipinski definition) is 0. The minimum atomic E-state index is -0.185. The Bertz CT molecular complexity index is 689. The molecule has 3 heteroatoms. The van der Waals surface area contributed by atoms with Crippen LogP contribution < -0.4 is 0 Å². The molecule has 1 nitrogen and oxygen atoms in total. The van der Waals surface area contributed by atoms with E-state index in [-0.39, 0.29) is 5.82 Å². The number of hydrogen-bond acceptors (Lipinski definition) is 1. The van der Waals surface area contributed by atoms with Gasteiger partial charge in [0.25, 0.3) is 0 Å². The van der Waals surface area contributed by atoms with Crippen LogP contribution in [0.4, 0.5) is 4.39 Å². The van der Waals surface area contributed by atoms with Crippen molar-refractivity contribution in [1.29, 1.82) is 0 Å². The molecule has 0 aliphatic heterocycles. The smallest absolute Gasteiger partial charge is 0.123 e. The van der Waals surface area contributed by atoms with Gasteiger partial charge in [-0.25, -0.2) is 4.39 Å². The summed E-state index contributed by atoms with van der Waals surface area (Å²) in [6.07, 6.45) is 3.14. The van der Waals surface area contributed by atoms with Crippen molar-refractivity contribution in [2.75, 3.05) is 20.6 Å². The fraction of sp³-hybridized carbons (Fsp3) is 0.364. The maximum Gasteiger partial charge on any atom is 0.123 e. The van der Waals surface area contributed by atoms with Crippen molar-refractivity contribution in [2.24, 2.45) is 11.8 Å². The molecule has 2 rings (SSSR count). The summed E-state index contributed by atoms with van der Waals surface area (Å²) in [5.41, 5.74) is 3.66. The molecule has 0 bridgehead atoms. The van der Waals surface area contributed by atoms with E-state index in [1.54, 1.807) is 12.1 Å². The van der Waals surface area contributed by atoms with E-state index in [1.165, 1.54) is 11.1 Å². The number of allylic oxidation sites excluding steroid dienone is 1. The summed E-state index contributed by atoms with van der Waals surface area (Å²) in [6, 6.07) is 14.8. The zero-order valence-corrected chi connectivity index (χ0v) is 16.2. The Balaban J connectivity index is 2.25. The van der Waals surface area contributed by atoms with Crippen LogP contribution in [0.1, 0.15) is 25.0 Å². The minimum Gasteiger partial charge on any atom is -0.309 e. The Morgan fingerprint density at radius 1 is 1.08 bits per heavy atom. The topological polar surface area (TPSA) is 3.24 Å². The maximum atomic E-state index is 13.2. The Hall–Kier alpha value is -1.64. The second-order valence-electron chi connectivity index (χ2n) is 7.12. The second kappa shape index (κ2) is 9.17. The number of benzene rings is 2. The molecule has 0 heterocycles. The summed E-state index contributed by atoms with van der Waals surface area (Å²) in [7, 11) is 4.20. The van der Waals surface area contributed by atoms with E-state index in [0.717, 1.165) is 23.6 Å². The highest BCUT2D eigenvalue weighted by Crippen LogP contribution is 2.28. The van der Waals surface area contributed by atoms with Crippen molar-refractivity contribution in [3.8, 4) is 0 Å². The average Bonchev–Trinajstić information content (AvgIpc) is 2.55. The van der Waals surface area contributed by atoms with Crippen LogP contribution in [-0.2, 0) is 6.42 Å². The highest BCUT2D eigenvalue weighted by atomic mass is 35.5. The lowest BCUT2D eigenvalue weighted by atomic mass is 9.81. The molecule has 0 saturated carbocycles. The monoisotopic (exact) mass is 359 g/mol. The van der Waals surface area contributed by atoms with Crippen LogP contribution in [0.15, 0.2) is 54.1 Å². The van der Waals surface area contributed by atoms with Gasteiger partial charge >= 0.3 is 0 Å². The summed E-state index contributed by atoms with van der Waals surface area (Å²) < 4.78 is 13.2. The molecule has 0 spiro atoms. The van der Waals surface area contributed by atoms with Crippen LogP contribution in [0.25, 0.3) is 6.08 Å². The lowest BCUT2D eigenvalue weighted by molar-refractivity contribution is 0.284. The first-order chi connectivity index (χ1) is 11.8. The van der Waals surface area contributed by atoms with Gasteiger partial charge in [-0.05, 0) is 74.7 Å². The zero-order valence-electron chi connectivity index (χ0n) is 15.5. The zero-order chi connectivity index (χ0) is 18.4. The van der Waals surface area contributed by atoms with Crippen LogP contribution in [0.3, 0.4) is 0 Å². The van der Waals surface area contributed by atoms with Crippen molar-refractivity contribution in [3.63, 3.8) is 0 Å². The number of rotatable bonds is 7. The molecule has 0 saturated heterocycles. The van der Waals surface area contributed by atoms with Gasteiger partial charge in [0, 0.05) is 11.6 Å². The molecule has 2 aromatic carbocycles. The van der Waals surface area contributed by atoms with E-state index in [9.17, 15) is 4.39 Å². The molecule has 25 heavy (non-hydrogen) atoms. The van der Waals surface area contributed by atoms with Crippen LogP contribution in [0.2, 0.25) is 5.02 Å². The molecule has 2 aromatic rings. The van der Waals surface area contributed by atoms with Gasteiger partial charge in [0.05, 0.1) is 0 Å². The molecular formula is C22H27ClFN. The average molecular weight is 360 g/mol. The first kappa shape index (κ1) is 19.7. The van der Waals surface area contributed by atoms with Crippen molar-refractivity contribution in [2.45, 2.75) is 20.3 Å². The third-order valence-electron chi connectivity index (χ3n) is 4.56. The first-order valence-electron chi connectivity index (χ1n) is 8.68. The summed E-state index contributed by atoms with van der Waals surface area (Å²) in [5, 5.41) is 0.749. The summed E-state index contributed by atoms with van der Waals surface area (Å²) in [4.78, 5) is 2.22. The largest absolute Gasteiger partial charge is 0.309 e. The normalized spacial score (nSPS) is 14.6. The Morgan fingerprint density at radius 2 is 1.68 bits per heavy atom. The molecule has 0 amide bonds. The highest BCUT2D eigenvalue weighted by molar-refractivity contribution is 6.30. The summed E-state index contributed by atoms with van der Waals surface area (Å²) in [6.45, 7) is 5.49. The SMILES string of the molecule is CC(=Cc1ccc(Cl)cc1)C(Cc1ccc(F)cc1)C(C)CN(C)C. The van der Waals surface area contributed by atoms with Crippen molar-refractivity contribution in [1.82, 2.24) is 4.90 Å². The quantitative estimate of drug-likeness (QED) is 0.591. The molecule has 0 radical (unpaired) electrons. The Morgan fingerprint density at radius 3 is 2.24 bits per heavy atom. The first-order valence-corrected chi connectivity index (χ1v) is 9.06. The van der Waals surface area contributed by atoms with Crippen molar-refractivity contribution in [3.05, 3.63) is 76.1 Å². The third-order valence-corrected chi connectivity index (χ3v) is 4.81. The van der Waals surface area contributed by atoms with Gasteiger partial charge in [0.15, 0.2) is 0 Å². The van der Waals surface area contributed by atoms with Crippen LogP contribution in [-0.4, -0.2) is 25.5 Å². The second-order valence-corrected chi connectivity index (χ2v) is 7.55. The molecular weight excluding hydrogens is 333 g/mol. The van der Waals surface area contributed by atoms with Gasteiger partial charge in [-0.2, -0.15) is 0 Å². The molecule has 0 fully saturated rings. The van der Waals surface area contributed by atoms with Crippen LogP contribution in [0, 0.1) is 17.7 Å². The van der Waals surface area contributed by atoms with E-state index < -0.39 is 0 Å². The Labute approximate surface area is 156 Å². The van der Waals surface area contributed by atoms with Gasteiger partial charge < -0.3 is 4.90 Å². The number of nitrogens with zero attached hydrogens (tertiary/aromatic N) is 1. The minimum absolute atomic E-state index is 0.185. The predicted molar refractivity (Wildman–Crippen MR) is 106 cm³/mol. The molecule has 0 aliphatic carbocycles. The van der Waals surface area contributed by atoms with E-state index in [4.69, 9.17) is 11.6 Å².